The van der Waals surface area contributed by atoms with E-state index in [9.17, 15) is 0 Å². The van der Waals surface area contributed by atoms with Gasteiger partial charge in [-0.2, -0.15) is 0 Å². The van der Waals surface area contributed by atoms with Gasteiger partial charge < -0.3 is 0 Å². The average Bonchev–Trinajstić information content (AvgIpc) is 2.34. The Morgan fingerprint density at radius 2 is 2.33 bits per heavy atom. The van der Waals surface area contributed by atoms with Gasteiger partial charge in [0.1, 0.15) is 5.52 Å². The zero-order chi connectivity index (χ0) is 6.97. The molecule has 2 rings (SSSR count). The van der Waals surface area contributed by atoms with Gasteiger partial charge >= 0.3 is 0 Å². The molecule has 1 N–H and O–H groups in total. The molecule has 2 aromatic rings. The van der Waals surface area contributed by atoms with Crippen LogP contribution in [0.3, 0.4) is 0 Å². The molecule has 0 aliphatic carbocycles. The van der Waals surface area contributed by atoms with Crippen LogP contribution >= 0.6 is 0 Å². The van der Waals surface area contributed by atoms with Crippen LogP contribution in [0.2, 0.25) is 1.41 Å². The van der Waals surface area contributed by atoms with E-state index in [-0.39, 0.29) is 0 Å². The van der Waals surface area contributed by atoms with E-state index in [1.54, 1.807) is 0 Å². The molecule has 1 aromatic carbocycles. The Kier molecular flexibility index (Phi) is 0.621. The first-order valence-corrected chi connectivity index (χ1v) is 2.67. The molecule has 0 unspecified atom stereocenters. The highest BCUT2D eigenvalue weighted by molar-refractivity contribution is 5.72. The first-order chi connectivity index (χ1) is 4.88. The monoisotopic (exact) mass is 121 g/mol. The number of nitrogens with zero attached hydrogens (tertiary/aromatic N) is 2. The number of nitrogens with one attached hydrogen (secondary N) is 1. The van der Waals surface area contributed by atoms with Gasteiger partial charge in [0.15, 0.2) is 1.41 Å². The van der Waals surface area contributed by atoms with Gasteiger partial charge in [-0.3, -0.25) is 5.09 Å². The standard InChI is InChI=1S/C6H5N3/c1-2-4-6-5(3-1)7-9-8-6/h1-4H,(H,7,8,9)/i/hT. The molecule has 0 saturated heterocycles. The molecular weight excluding hydrogens is 114 g/mol. The predicted octanol–water partition coefficient (Wildman–Crippen LogP) is 0.958. The van der Waals surface area contributed by atoms with Crippen molar-refractivity contribution in [1.29, 1.82) is 0 Å². The Labute approximate surface area is 53.2 Å². The maximum Gasteiger partial charge on any atom is 0.192 e. The summed E-state index contributed by atoms with van der Waals surface area (Å²) in [7, 11) is 0. The summed E-state index contributed by atoms with van der Waals surface area (Å²) in [5.74, 6) is 0. The molecule has 1 aromatic heterocycles. The van der Waals surface area contributed by atoms with Crippen molar-refractivity contribution in [2.24, 2.45) is 0 Å². The summed E-state index contributed by atoms with van der Waals surface area (Å²) in [4.78, 5) is 0. The summed E-state index contributed by atoms with van der Waals surface area (Å²) in [6.07, 6.45) is 0. The Morgan fingerprint density at radius 3 is 3.22 bits per heavy atom. The highest BCUT2D eigenvalue weighted by atomic mass is 15.3. The summed E-state index contributed by atoms with van der Waals surface area (Å²) < 4.78 is 7.19. The lowest BCUT2D eigenvalue weighted by molar-refractivity contribution is 0.959. The van der Waals surface area contributed by atoms with Crippen molar-refractivity contribution in [2.45, 2.75) is 0 Å². The number of aromatic amines is 1. The molecule has 3 heteroatoms. The predicted molar refractivity (Wildman–Crippen MR) is 33.9 cm³/mol. The topological polar surface area (TPSA) is 41.6 Å². The molecule has 3 nitrogen and oxygen atoms in total. The first-order valence-electron chi connectivity index (χ1n) is 3.12. The SMILES string of the molecule is [3H]n1nnc2ccccc21. The molecule has 0 aliphatic heterocycles. The van der Waals surface area contributed by atoms with Crippen molar-refractivity contribution < 1.29 is 1.41 Å². The lowest BCUT2D eigenvalue weighted by Gasteiger charge is -1.79. The number of fused-ring (bicyclic) bond motifs is 1. The third-order valence-corrected chi connectivity index (χ3v) is 1.19. The fourth-order valence-corrected chi connectivity index (χ4v) is 0.752. The van der Waals surface area contributed by atoms with Gasteiger partial charge in [0.05, 0.1) is 5.52 Å². The molecule has 0 atom stereocenters. The van der Waals surface area contributed by atoms with E-state index in [1.807, 2.05) is 24.3 Å². The largest absolute Gasteiger partial charge is 0.258 e. The Morgan fingerprint density at radius 1 is 1.44 bits per heavy atom. The van der Waals surface area contributed by atoms with Gasteiger partial charge in [-0.05, 0) is 12.1 Å². The van der Waals surface area contributed by atoms with Gasteiger partial charge in [-0.15, -0.1) is 5.10 Å². The number of benzene rings is 1. The minimum atomic E-state index is 0.738. The Hall–Kier alpha value is -1.38. The van der Waals surface area contributed by atoms with Gasteiger partial charge in [0.2, 0.25) is 0 Å². The molecule has 0 fully saturated rings. The molecule has 0 amide bonds. The van der Waals surface area contributed by atoms with E-state index in [4.69, 9.17) is 1.41 Å². The number of hydrogen-bond acceptors (Lipinski definition) is 2. The lowest BCUT2D eigenvalue weighted by Crippen LogP contribution is -1.63. The molecule has 0 saturated carbocycles. The molecule has 1 heterocycles. The number of hydrogen-bond donors (Lipinski definition) is 1. The number of H-pyrrole nitrogens is 1. The second-order valence-electron chi connectivity index (χ2n) is 1.78. The van der Waals surface area contributed by atoms with E-state index >= 15 is 0 Å². The van der Waals surface area contributed by atoms with Crippen molar-refractivity contribution in [1.82, 2.24) is 15.4 Å². The molecule has 44 valence electrons. The minimum absolute atomic E-state index is 0.738. The Bertz CT molecular complexity index is 355. The van der Waals surface area contributed by atoms with Crippen molar-refractivity contribution >= 4 is 11.0 Å². The first kappa shape index (κ1) is 3.61. The van der Waals surface area contributed by atoms with Gasteiger partial charge in [0.25, 0.3) is 0 Å². The third kappa shape index (κ3) is 0.579. The van der Waals surface area contributed by atoms with Crippen LogP contribution in [0.25, 0.3) is 11.0 Å². The summed E-state index contributed by atoms with van der Waals surface area (Å²) in [5, 5.41) is 8.28. The smallest absolute Gasteiger partial charge is 0.192 e. The number of para-hydroxylation sites is 1. The van der Waals surface area contributed by atoms with E-state index in [0.717, 1.165) is 16.1 Å². The average molecular weight is 121 g/mol. The Balaban J connectivity index is 2.93. The molecule has 0 spiro atoms. The van der Waals surface area contributed by atoms with Crippen LogP contribution in [0.5, 0.6) is 0 Å². The second-order valence-corrected chi connectivity index (χ2v) is 1.78. The van der Waals surface area contributed by atoms with Crippen molar-refractivity contribution in [3.63, 3.8) is 0 Å². The lowest BCUT2D eigenvalue weighted by atomic mass is 10.3. The zero-order valence-electron chi connectivity index (χ0n) is 5.65. The number of aromatic nitrogens is 3. The van der Waals surface area contributed by atoms with Crippen LogP contribution in [0.15, 0.2) is 24.3 Å². The van der Waals surface area contributed by atoms with Crippen LogP contribution in [-0.2, 0) is 0 Å². The van der Waals surface area contributed by atoms with E-state index < -0.39 is 0 Å². The summed E-state index contributed by atoms with van der Waals surface area (Å²) in [6, 6.07) is 7.36. The van der Waals surface area contributed by atoms with Crippen molar-refractivity contribution in [2.75, 3.05) is 0 Å². The number of rotatable bonds is 0. The van der Waals surface area contributed by atoms with Crippen LogP contribution in [0.4, 0.5) is 0 Å². The molecule has 0 aliphatic rings. The van der Waals surface area contributed by atoms with Crippen molar-refractivity contribution in [3.8, 4) is 0 Å². The van der Waals surface area contributed by atoms with Gasteiger partial charge in [-0.1, -0.05) is 17.3 Å². The summed E-state index contributed by atoms with van der Waals surface area (Å²) >= 11 is 0. The second kappa shape index (κ2) is 1.55. The van der Waals surface area contributed by atoms with Gasteiger partial charge in [0, 0.05) is 0 Å². The molecule has 9 heavy (non-hydrogen) atoms. The van der Waals surface area contributed by atoms with Gasteiger partial charge in [-0.25, -0.2) is 0 Å². The molecule has 0 bridgehead atoms. The zero-order valence-corrected chi connectivity index (χ0v) is 4.65. The highest BCUT2D eigenvalue weighted by Crippen LogP contribution is 2.03. The van der Waals surface area contributed by atoms with Crippen molar-refractivity contribution in [3.05, 3.63) is 24.3 Å². The quantitative estimate of drug-likeness (QED) is 0.564. The summed E-state index contributed by atoms with van der Waals surface area (Å²) in [5.41, 5.74) is 1.50. The third-order valence-electron chi connectivity index (χ3n) is 1.19. The summed E-state index contributed by atoms with van der Waals surface area (Å²) in [6.45, 7) is 0. The maximum absolute atomic E-state index is 7.19. The van der Waals surface area contributed by atoms with Crippen LogP contribution in [0.1, 0.15) is 0 Å². The maximum atomic E-state index is 7.19. The fourth-order valence-electron chi connectivity index (χ4n) is 0.752. The minimum Gasteiger partial charge on any atom is -0.258 e. The van der Waals surface area contributed by atoms with E-state index in [0.29, 0.717) is 0 Å². The fraction of sp³-hybridized carbons (Fsp3) is 0. The van der Waals surface area contributed by atoms with E-state index in [1.165, 1.54) is 0 Å². The molecule has 0 radical (unpaired) electrons. The van der Waals surface area contributed by atoms with Crippen LogP contribution < -0.4 is 0 Å². The normalized spacial score (nSPS) is 11.8. The van der Waals surface area contributed by atoms with Crippen LogP contribution in [-0.4, -0.2) is 15.4 Å². The van der Waals surface area contributed by atoms with Crippen LogP contribution in [0, 0.1) is 0 Å². The highest BCUT2D eigenvalue weighted by Gasteiger charge is 1.90. The molecular formula is C6H5N3. The van der Waals surface area contributed by atoms with E-state index in [2.05, 4.69) is 10.3 Å².